The summed E-state index contributed by atoms with van der Waals surface area (Å²) in [5.74, 6) is -4.15. The molecule has 0 atom stereocenters. The van der Waals surface area contributed by atoms with Gasteiger partial charge in [0.15, 0.2) is 0 Å². The van der Waals surface area contributed by atoms with Crippen molar-refractivity contribution in [1.29, 1.82) is 0 Å². The Bertz CT molecular complexity index is 1170. The third kappa shape index (κ3) is 8.01. The molecule has 3 aromatic rings. The molecule has 12 nitrogen and oxygen atoms in total. The second kappa shape index (κ2) is 14.2. The molecule has 4 aliphatic heterocycles. The molecule has 0 aliphatic carbocycles. The fourth-order valence-electron chi connectivity index (χ4n) is 3.53. The van der Waals surface area contributed by atoms with Gasteiger partial charge >= 0.3 is 35.8 Å². The Kier molecular flexibility index (Phi) is 9.97. The van der Waals surface area contributed by atoms with Crippen LogP contribution < -0.4 is 0 Å². The summed E-state index contributed by atoms with van der Waals surface area (Å²) in [5.41, 5.74) is 0.962. The molecule has 3 aromatic carbocycles. The van der Waals surface area contributed by atoms with Gasteiger partial charge < -0.3 is 28.4 Å². The van der Waals surface area contributed by atoms with Gasteiger partial charge in [0.25, 0.3) is 0 Å². The summed E-state index contributed by atoms with van der Waals surface area (Å²) in [6.45, 7) is -1.30. The molecular weight excluding hydrogens is 552 g/mol. The smallest absolute Gasteiger partial charge is 0.338 e. The second-order valence-corrected chi connectivity index (χ2v) is 8.55. The van der Waals surface area contributed by atoms with Gasteiger partial charge in [0, 0.05) is 0 Å². The quantitative estimate of drug-likeness (QED) is 0.285. The van der Waals surface area contributed by atoms with E-state index in [2.05, 4.69) is 0 Å². The van der Waals surface area contributed by atoms with Gasteiger partial charge in [-0.1, -0.05) is 0 Å². The largest absolute Gasteiger partial charge is 0.458 e. The zero-order chi connectivity index (χ0) is 29.9. The van der Waals surface area contributed by atoms with Crippen LogP contribution in [0.25, 0.3) is 0 Å². The fourth-order valence-corrected chi connectivity index (χ4v) is 3.53. The first-order chi connectivity index (χ1) is 20.3. The minimum Gasteiger partial charge on any atom is -0.458 e. The van der Waals surface area contributed by atoms with E-state index >= 15 is 0 Å². The zero-order valence-corrected chi connectivity index (χ0v) is 22.1. The molecule has 12 heteroatoms. The lowest BCUT2D eigenvalue weighted by atomic mass is 10.1. The number of fused-ring (bicyclic) bond motifs is 3. The van der Waals surface area contributed by atoms with E-state index < -0.39 is 35.8 Å². The van der Waals surface area contributed by atoms with E-state index in [0.29, 0.717) is 0 Å². The van der Waals surface area contributed by atoms with Crippen LogP contribution in [0.3, 0.4) is 0 Å². The van der Waals surface area contributed by atoms with E-state index in [1.807, 2.05) is 0 Å². The fraction of sp³-hybridized carbons (Fsp3) is 0.200. The maximum Gasteiger partial charge on any atom is 0.338 e. The summed E-state index contributed by atoms with van der Waals surface area (Å²) in [6.07, 6.45) is 0. The summed E-state index contributed by atoms with van der Waals surface area (Å²) in [6, 6.07) is 16.5. The first-order valence-corrected chi connectivity index (χ1v) is 12.6. The number of rotatable bonds is 0. The Labute approximate surface area is 239 Å². The zero-order valence-electron chi connectivity index (χ0n) is 22.1. The third-order valence-electron chi connectivity index (χ3n) is 5.72. The first kappa shape index (κ1) is 29.5. The molecular formula is C30H24O12. The van der Waals surface area contributed by atoms with Crippen LogP contribution in [0.15, 0.2) is 72.8 Å². The number of ether oxygens (including phenoxy) is 6. The third-order valence-corrected chi connectivity index (χ3v) is 5.72. The Balaban J connectivity index is 1.41. The van der Waals surface area contributed by atoms with Crippen LogP contribution in [0.1, 0.15) is 62.1 Å². The average Bonchev–Trinajstić information content (AvgIpc) is 3.02. The molecule has 42 heavy (non-hydrogen) atoms. The molecule has 4 aliphatic rings. The molecule has 216 valence electrons. The van der Waals surface area contributed by atoms with Crippen molar-refractivity contribution in [3.05, 3.63) is 106 Å². The highest BCUT2D eigenvalue weighted by molar-refractivity contribution is 5.95. The van der Waals surface area contributed by atoms with Gasteiger partial charge in [-0.15, -0.1) is 0 Å². The summed E-state index contributed by atoms with van der Waals surface area (Å²) in [4.78, 5) is 73.5. The van der Waals surface area contributed by atoms with Gasteiger partial charge in [-0.25, -0.2) is 28.8 Å². The normalized spacial score (nSPS) is 16.0. The van der Waals surface area contributed by atoms with E-state index in [1.165, 1.54) is 72.8 Å². The van der Waals surface area contributed by atoms with E-state index in [9.17, 15) is 28.8 Å². The Morgan fingerprint density at radius 3 is 0.500 bits per heavy atom. The van der Waals surface area contributed by atoms with Crippen LogP contribution in [-0.2, 0) is 28.4 Å². The van der Waals surface area contributed by atoms with Crippen LogP contribution in [0, 0.1) is 0 Å². The first-order valence-electron chi connectivity index (χ1n) is 12.6. The lowest BCUT2D eigenvalue weighted by molar-refractivity contribution is 0.0260. The second-order valence-electron chi connectivity index (χ2n) is 8.55. The lowest BCUT2D eigenvalue weighted by Crippen LogP contribution is -2.16. The summed E-state index contributed by atoms with van der Waals surface area (Å²) < 4.78 is 30.5. The predicted octanol–water partition coefficient (Wildman–Crippen LogP) is 3.04. The number of benzene rings is 3. The standard InChI is InChI=1S/C30H24O12/c31-25-19-1-2-20(4-3-19)26(32)38-15-16-40-28(34)22-9-11-24(12-10-22)30(36)42-18-17-41-29(35)23-7-5-21(6-8-23)27(33)39-14-13-37-25/h1-12H,13-18H2. The van der Waals surface area contributed by atoms with Crippen molar-refractivity contribution in [2.24, 2.45) is 0 Å². The predicted molar refractivity (Wildman–Crippen MR) is 141 cm³/mol. The number of carbonyl (C=O) groups is 6. The molecule has 0 unspecified atom stereocenters. The van der Waals surface area contributed by atoms with Crippen molar-refractivity contribution < 1.29 is 57.2 Å². The molecule has 0 radical (unpaired) electrons. The van der Waals surface area contributed by atoms with Gasteiger partial charge in [0.2, 0.25) is 0 Å². The molecule has 0 fully saturated rings. The number of esters is 6. The Hall–Kier alpha value is -5.52. The molecule has 0 N–H and O–H groups in total. The van der Waals surface area contributed by atoms with Gasteiger partial charge in [0.1, 0.15) is 39.6 Å². The summed E-state index contributed by atoms with van der Waals surface area (Å²) in [5, 5.41) is 0. The maximum atomic E-state index is 12.3. The molecule has 0 aromatic heterocycles. The molecule has 6 bridgehead atoms. The molecule has 0 spiro atoms. The monoisotopic (exact) mass is 576 g/mol. The minimum absolute atomic E-state index is 0.160. The maximum absolute atomic E-state index is 12.3. The Morgan fingerprint density at radius 1 is 0.262 bits per heavy atom. The minimum atomic E-state index is -0.691. The number of carbonyl (C=O) groups excluding carboxylic acids is 6. The van der Waals surface area contributed by atoms with E-state index in [1.54, 1.807) is 0 Å². The molecule has 0 saturated carbocycles. The highest BCUT2D eigenvalue weighted by atomic mass is 16.6. The van der Waals surface area contributed by atoms with Crippen molar-refractivity contribution in [3.8, 4) is 0 Å². The average molecular weight is 577 g/mol. The molecule has 4 heterocycles. The summed E-state index contributed by atoms with van der Waals surface area (Å²) >= 11 is 0. The van der Waals surface area contributed by atoms with Crippen LogP contribution in [-0.4, -0.2) is 75.5 Å². The van der Waals surface area contributed by atoms with E-state index in [4.69, 9.17) is 28.4 Å². The molecule has 0 amide bonds. The van der Waals surface area contributed by atoms with Crippen molar-refractivity contribution in [3.63, 3.8) is 0 Å². The van der Waals surface area contributed by atoms with Crippen LogP contribution >= 0.6 is 0 Å². The highest BCUT2D eigenvalue weighted by Gasteiger charge is 2.15. The van der Waals surface area contributed by atoms with Gasteiger partial charge in [0.05, 0.1) is 33.4 Å². The summed E-state index contributed by atoms with van der Waals surface area (Å²) in [7, 11) is 0. The van der Waals surface area contributed by atoms with Crippen LogP contribution in [0.4, 0.5) is 0 Å². The van der Waals surface area contributed by atoms with Gasteiger partial charge in [-0.3, -0.25) is 0 Å². The lowest BCUT2D eigenvalue weighted by Gasteiger charge is -2.09. The SMILES string of the molecule is O=C1OCCOC(=O)c2ccc(cc2)C(=O)OCCOC(=O)c2ccc(cc2)C(=O)OCCOC(=O)c2ccc1cc2. The highest BCUT2D eigenvalue weighted by Crippen LogP contribution is 2.11. The van der Waals surface area contributed by atoms with Crippen molar-refractivity contribution in [2.75, 3.05) is 39.6 Å². The number of hydrogen-bond acceptors (Lipinski definition) is 12. The van der Waals surface area contributed by atoms with E-state index in [-0.39, 0.29) is 73.0 Å². The van der Waals surface area contributed by atoms with E-state index in [0.717, 1.165) is 0 Å². The Morgan fingerprint density at radius 2 is 0.381 bits per heavy atom. The van der Waals surface area contributed by atoms with Crippen molar-refractivity contribution in [1.82, 2.24) is 0 Å². The topological polar surface area (TPSA) is 158 Å². The van der Waals surface area contributed by atoms with Gasteiger partial charge in [-0.2, -0.15) is 0 Å². The molecule has 7 rings (SSSR count). The van der Waals surface area contributed by atoms with Crippen LogP contribution in [0.5, 0.6) is 0 Å². The number of hydrogen-bond donors (Lipinski definition) is 0. The van der Waals surface area contributed by atoms with Crippen molar-refractivity contribution >= 4 is 35.8 Å². The van der Waals surface area contributed by atoms with Crippen LogP contribution in [0.2, 0.25) is 0 Å². The van der Waals surface area contributed by atoms with Gasteiger partial charge in [-0.05, 0) is 72.8 Å². The molecule has 0 saturated heterocycles. The van der Waals surface area contributed by atoms with Crippen molar-refractivity contribution in [2.45, 2.75) is 0 Å².